The Labute approximate surface area is 129 Å². The van der Waals surface area contributed by atoms with Crippen molar-refractivity contribution in [3.05, 3.63) is 23.6 Å². The standard InChI is InChI=1S/C17H30FN3/c1-12(2)9-14(5)21(6)17-16(18)15(7-8-20-17)11-19-10-13(3)4/h7-8,12-14,19H,9-11H2,1-6H3. The van der Waals surface area contributed by atoms with Gasteiger partial charge in [-0.3, -0.25) is 0 Å². The lowest BCUT2D eigenvalue weighted by Crippen LogP contribution is -2.32. The minimum absolute atomic E-state index is 0.202. The Morgan fingerprint density at radius 3 is 2.43 bits per heavy atom. The normalized spacial score (nSPS) is 13.0. The van der Waals surface area contributed by atoms with Gasteiger partial charge in [-0.15, -0.1) is 0 Å². The van der Waals surface area contributed by atoms with Gasteiger partial charge in [0.15, 0.2) is 11.6 Å². The van der Waals surface area contributed by atoms with Crippen molar-refractivity contribution < 1.29 is 4.39 Å². The van der Waals surface area contributed by atoms with Crippen LogP contribution >= 0.6 is 0 Å². The van der Waals surface area contributed by atoms with Crippen LogP contribution in [0.3, 0.4) is 0 Å². The Balaban J connectivity index is 2.79. The maximum absolute atomic E-state index is 14.6. The monoisotopic (exact) mass is 295 g/mol. The molecule has 21 heavy (non-hydrogen) atoms. The molecule has 1 unspecified atom stereocenters. The van der Waals surface area contributed by atoms with Crippen LogP contribution in [0.2, 0.25) is 0 Å². The van der Waals surface area contributed by atoms with Gasteiger partial charge in [0.2, 0.25) is 0 Å². The second kappa shape index (κ2) is 8.32. The Morgan fingerprint density at radius 1 is 1.19 bits per heavy atom. The van der Waals surface area contributed by atoms with E-state index >= 15 is 0 Å². The van der Waals surface area contributed by atoms with Gasteiger partial charge in [0.05, 0.1) is 0 Å². The van der Waals surface area contributed by atoms with Crippen LogP contribution in [0.1, 0.15) is 46.6 Å². The van der Waals surface area contributed by atoms with E-state index in [-0.39, 0.29) is 11.9 Å². The summed E-state index contributed by atoms with van der Waals surface area (Å²) in [7, 11) is 1.92. The molecule has 0 aliphatic heterocycles. The van der Waals surface area contributed by atoms with Gasteiger partial charge in [-0.05, 0) is 37.8 Å². The average Bonchev–Trinajstić information content (AvgIpc) is 2.38. The van der Waals surface area contributed by atoms with Crippen LogP contribution < -0.4 is 10.2 Å². The number of nitrogens with zero attached hydrogens (tertiary/aromatic N) is 2. The highest BCUT2D eigenvalue weighted by molar-refractivity contribution is 5.43. The van der Waals surface area contributed by atoms with Crippen LogP contribution in [0.5, 0.6) is 0 Å². The third-order valence-electron chi connectivity index (χ3n) is 3.63. The molecule has 1 aromatic rings. The third kappa shape index (κ3) is 5.62. The second-order valence-electron chi connectivity index (χ2n) is 6.72. The Kier molecular flexibility index (Phi) is 7.09. The topological polar surface area (TPSA) is 28.2 Å². The third-order valence-corrected chi connectivity index (χ3v) is 3.63. The number of aromatic nitrogens is 1. The molecular weight excluding hydrogens is 265 g/mol. The number of nitrogens with one attached hydrogen (secondary N) is 1. The molecule has 1 N–H and O–H groups in total. The van der Waals surface area contributed by atoms with E-state index in [1.165, 1.54) is 0 Å². The Bertz CT molecular complexity index is 432. The molecule has 0 amide bonds. The zero-order valence-corrected chi connectivity index (χ0v) is 14.3. The molecule has 0 aromatic carbocycles. The molecule has 3 nitrogen and oxygen atoms in total. The van der Waals surface area contributed by atoms with Crippen molar-refractivity contribution in [1.29, 1.82) is 0 Å². The molecule has 0 saturated heterocycles. The minimum Gasteiger partial charge on any atom is -0.355 e. The molecule has 0 bridgehead atoms. The maximum Gasteiger partial charge on any atom is 0.170 e. The minimum atomic E-state index is -0.202. The molecule has 1 atom stereocenters. The molecule has 0 aliphatic rings. The van der Waals surface area contributed by atoms with Gasteiger partial charge in [0.1, 0.15) is 0 Å². The van der Waals surface area contributed by atoms with Crippen molar-refractivity contribution in [2.75, 3.05) is 18.5 Å². The van der Waals surface area contributed by atoms with Gasteiger partial charge in [0.25, 0.3) is 0 Å². The Morgan fingerprint density at radius 2 is 1.86 bits per heavy atom. The van der Waals surface area contributed by atoms with Gasteiger partial charge < -0.3 is 10.2 Å². The molecule has 0 fully saturated rings. The van der Waals surface area contributed by atoms with E-state index < -0.39 is 0 Å². The van der Waals surface area contributed by atoms with E-state index in [2.05, 4.69) is 44.9 Å². The lowest BCUT2D eigenvalue weighted by atomic mass is 10.0. The average molecular weight is 295 g/mol. The fourth-order valence-corrected chi connectivity index (χ4v) is 2.40. The summed E-state index contributed by atoms with van der Waals surface area (Å²) in [5.74, 6) is 1.39. The van der Waals surface area contributed by atoms with Crippen LogP contribution in [0.4, 0.5) is 10.2 Å². The summed E-state index contributed by atoms with van der Waals surface area (Å²) in [5.41, 5.74) is 0.684. The van der Waals surface area contributed by atoms with Gasteiger partial charge >= 0.3 is 0 Å². The quantitative estimate of drug-likeness (QED) is 0.790. The van der Waals surface area contributed by atoms with E-state index in [1.54, 1.807) is 12.3 Å². The summed E-state index contributed by atoms with van der Waals surface area (Å²) in [6.45, 7) is 12.2. The van der Waals surface area contributed by atoms with E-state index in [0.717, 1.165) is 13.0 Å². The molecular formula is C17H30FN3. The van der Waals surface area contributed by atoms with Crippen LogP contribution in [0.25, 0.3) is 0 Å². The van der Waals surface area contributed by atoms with Crippen molar-refractivity contribution in [3.63, 3.8) is 0 Å². The maximum atomic E-state index is 14.6. The van der Waals surface area contributed by atoms with Crippen molar-refractivity contribution >= 4 is 5.82 Å². The summed E-state index contributed by atoms with van der Waals surface area (Å²) >= 11 is 0. The van der Waals surface area contributed by atoms with E-state index in [9.17, 15) is 4.39 Å². The molecule has 1 aromatic heterocycles. The van der Waals surface area contributed by atoms with Crippen molar-refractivity contribution in [1.82, 2.24) is 10.3 Å². The predicted octanol–water partition coefficient (Wildman–Crippen LogP) is 3.84. The number of anilines is 1. The second-order valence-corrected chi connectivity index (χ2v) is 6.72. The highest BCUT2D eigenvalue weighted by Crippen LogP contribution is 2.22. The number of hydrogen-bond acceptors (Lipinski definition) is 3. The zero-order valence-electron chi connectivity index (χ0n) is 14.3. The molecule has 4 heteroatoms. The molecule has 0 aliphatic carbocycles. The first-order valence-electron chi connectivity index (χ1n) is 7.89. The zero-order chi connectivity index (χ0) is 16.0. The van der Waals surface area contributed by atoms with Crippen LogP contribution in [0.15, 0.2) is 12.3 Å². The summed E-state index contributed by atoms with van der Waals surface area (Å²) in [6, 6.07) is 2.03. The van der Waals surface area contributed by atoms with Crippen LogP contribution in [0, 0.1) is 17.7 Å². The number of hydrogen-bond donors (Lipinski definition) is 1. The molecule has 0 radical (unpaired) electrons. The lowest BCUT2D eigenvalue weighted by Gasteiger charge is -2.28. The fourth-order valence-electron chi connectivity index (χ4n) is 2.40. The summed E-state index contributed by atoms with van der Waals surface area (Å²) in [5, 5.41) is 3.28. The summed E-state index contributed by atoms with van der Waals surface area (Å²) < 4.78 is 14.6. The molecule has 1 heterocycles. The van der Waals surface area contributed by atoms with Gasteiger partial charge in [-0.1, -0.05) is 27.7 Å². The fraction of sp³-hybridized carbons (Fsp3) is 0.706. The van der Waals surface area contributed by atoms with Crippen molar-refractivity contribution in [2.45, 2.75) is 53.6 Å². The number of halogens is 1. The number of pyridine rings is 1. The smallest absolute Gasteiger partial charge is 0.170 e. The SMILES string of the molecule is CC(C)CNCc1ccnc(N(C)C(C)CC(C)C)c1F. The predicted molar refractivity (Wildman–Crippen MR) is 88.1 cm³/mol. The molecule has 1 rings (SSSR count). The summed E-state index contributed by atoms with van der Waals surface area (Å²) in [6.07, 6.45) is 2.72. The first kappa shape index (κ1) is 17.9. The van der Waals surface area contributed by atoms with Gasteiger partial charge in [-0.2, -0.15) is 0 Å². The summed E-state index contributed by atoms with van der Waals surface area (Å²) in [4.78, 5) is 6.18. The Hall–Kier alpha value is -1.16. The van der Waals surface area contributed by atoms with Gasteiger partial charge in [-0.25, -0.2) is 9.37 Å². The highest BCUT2D eigenvalue weighted by atomic mass is 19.1. The number of rotatable bonds is 8. The molecule has 0 spiro atoms. The van der Waals surface area contributed by atoms with E-state index in [1.807, 2.05) is 11.9 Å². The van der Waals surface area contributed by atoms with E-state index in [0.29, 0.717) is 29.8 Å². The van der Waals surface area contributed by atoms with Crippen molar-refractivity contribution in [2.24, 2.45) is 11.8 Å². The highest BCUT2D eigenvalue weighted by Gasteiger charge is 2.18. The molecule has 120 valence electrons. The largest absolute Gasteiger partial charge is 0.355 e. The van der Waals surface area contributed by atoms with E-state index in [4.69, 9.17) is 0 Å². The first-order chi connectivity index (χ1) is 9.82. The van der Waals surface area contributed by atoms with Crippen LogP contribution in [-0.4, -0.2) is 24.6 Å². The lowest BCUT2D eigenvalue weighted by molar-refractivity contribution is 0.491. The van der Waals surface area contributed by atoms with Crippen LogP contribution in [-0.2, 0) is 6.54 Å². The first-order valence-corrected chi connectivity index (χ1v) is 7.89. The molecule has 0 saturated carbocycles. The van der Waals surface area contributed by atoms with Crippen molar-refractivity contribution in [3.8, 4) is 0 Å². The van der Waals surface area contributed by atoms with Gasteiger partial charge in [0, 0.05) is 31.4 Å².